The van der Waals surface area contributed by atoms with Gasteiger partial charge < -0.3 is 5.11 Å². The van der Waals surface area contributed by atoms with Crippen LogP contribution in [0.4, 0.5) is 0 Å². The third-order valence-electron chi connectivity index (χ3n) is 3.31. The predicted molar refractivity (Wildman–Crippen MR) is 93.7 cm³/mol. The Hall–Kier alpha value is -1.45. The molecule has 2 aromatic carbocycles. The normalized spacial score (nSPS) is 10.6. The van der Waals surface area contributed by atoms with E-state index in [-0.39, 0.29) is 6.42 Å². The summed E-state index contributed by atoms with van der Waals surface area (Å²) < 4.78 is 0. The van der Waals surface area contributed by atoms with Crippen molar-refractivity contribution < 1.29 is 9.90 Å². The van der Waals surface area contributed by atoms with Crippen LogP contribution in [-0.4, -0.2) is 16.8 Å². The third-order valence-corrected chi connectivity index (χ3v) is 4.68. The van der Waals surface area contributed by atoms with E-state index in [2.05, 4.69) is 12.1 Å². The fourth-order valence-electron chi connectivity index (χ4n) is 2.15. The minimum atomic E-state index is -0.786. The van der Waals surface area contributed by atoms with Crippen molar-refractivity contribution in [1.82, 2.24) is 0 Å². The summed E-state index contributed by atoms with van der Waals surface area (Å²) in [5.74, 6) is 1.33. The van der Waals surface area contributed by atoms with Gasteiger partial charge >= 0.3 is 5.97 Å². The first-order valence-electron chi connectivity index (χ1n) is 7.25. The first-order chi connectivity index (χ1) is 10.6. The summed E-state index contributed by atoms with van der Waals surface area (Å²) in [6.07, 6.45) is 2.24. The highest BCUT2D eigenvalue weighted by Gasteiger charge is 2.01. The highest BCUT2D eigenvalue weighted by Crippen LogP contribution is 2.17. The van der Waals surface area contributed by atoms with Gasteiger partial charge in [0.2, 0.25) is 0 Å². The van der Waals surface area contributed by atoms with Crippen LogP contribution in [0.5, 0.6) is 0 Å². The van der Waals surface area contributed by atoms with Gasteiger partial charge in [-0.3, -0.25) is 4.79 Å². The van der Waals surface area contributed by atoms with Gasteiger partial charge in [0.05, 0.1) is 6.42 Å². The summed E-state index contributed by atoms with van der Waals surface area (Å²) in [7, 11) is 0. The van der Waals surface area contributed by atoms with Gasteiger partial charge in [0.25, 0.3) is 0 Å². The second kappa shape index (κ2) is 8.86. The van der Waals surface area contributed by atoms with E-state index in [0.29, 0.717) is 0 Å². The molecule has 0 fully saturated rings. The van der Waals surface area contributed by atoms with Gasteiger partial charge in [0.1, 0.15) is 0 Å². The standard InChI is InChI=1S/C18H19ClO2S/c19-17-9-7-16(8-10-17)13-22-11-1-2-14-3-5-15(6-4-14)12-18(20)21/h3-10H,1-2,11-13H2,(H,20,21). The number of hydrogen-bond acceptors (Lipinski definition) is 2. The van der Waals surface area contributed by atoms with Crippen molar-refractivity contribution in [3.8, 4) is 0 Å². The molecule has 0 aliphatic heterocycles. The maximum Gasteiger partial charge on any atom is 0.307 e. The van der Waals surface area contributed by atoms with Crippen molar-refractivity contribution in [1.29, 1.82) is 0 Å². The highest BCUT2D eigenvalue weighted by atomic mass is 35.5. The van der Waals surface area contributed by atoms with Gasteiger partial charge in [-0.05, 0) is 47.4 Å². The summed E-state index contributed by atoms with van der Waals surface area (Å²) in [6, 6.07) is 15.9. The number of aryl methyl sites for hydroxylation is 1. The lowest BCUT2D eigenvalue weighted by molar-refractivity contribution is -0.136. The second-order valence-electron chi connectivity index (χ2n) is 5.17. The predicted octanol–water partition coefficient (Wildman–Crippen LogP) is 4.83. The molecule has 2 aromatic rings. The van der Waals surface area contributed by atoms with Crippen LogP contribution in [0.2, 0.25) is 5.02 Å². The molecular weight excluding hydrogens is 316 g/mol. The Morgan fingerprint density at radius 3 is 2.18 bits per heavy atom. The maximum atomic E-state index is 10.6. The second-order valence-corrected chi connectivity index (χ2v) is 6.71. The molecule has 22 heavy (non-hydrogen) atoms. The number of hydrogen-bond donors (Lipinski definition) is 1. The molecular formula is C18H19ClO2S. The molecule has 0 aliphatic rings. The van der Waals surface area contributed by atoms with Crippen molar-refractivity contribution in [3.05, 3.63) is 70.2 Å². The number of halogens is 1. The van der Waals surface area contributed by atoms with Crippen LogP contribution in [0.1, 0.15) is 23.1 Å². The number of benzene rings is 2. The third kappa shape index (κ3) is 6.12. The van der Waals surface area contributed by atoms with Crippen molar-refractivity contribution in [2.75, 3.05) is 5.75 Å². The number of carboxylic acids is 1. The average Bonchev–Trinajstić information content (AvgIpc) is 2.50. The molecule has 2 rings (SSSR count). The van der Waals surface area contributed by atoms with Crippen LogP contribution in [0, 0.1) is 0 Å². The Bertz CT molecular complexity index is 593. The monoisotopic (exact) mass is 334 g/mol. The molecule has 0 unspecified atom stereocenters. The van der Waals surface area contributed by atoms with E-state index in [4.69, 9.17) is 16.7 Å². The summed E-state index contributed by atoms with van der Waals surface area (Å²) in [4.78, 5) is 10.6. The van der Waals surface area contributed by atoms with E-state index in [1.54, 1.807) is 0 Å². The van der Waals surface area contributed by atoms with Crippen molar-refractivity contribution in [2.45, 2.75) is 25.0 Å². The lowest BCUT2D eigenvalue weighted by Gasteiger charge is -2.04. The quantitative estimate of drug-likeness (QED) is 0.702. The first kappa shape index (κ1) is 16.9. The Balaban J connectivity index is 1.66. The Kier molecular flexibility index (Phi) is 6.81. The SMILES string of the molecule is O=C(O)Cc1ccc(CCCSCc2ccc(Cl)cc2)cc1. The molecule has 0 atom stereocenters. The molecule has 0 amide bonds. The van der Waals surface area contributed by atoms with Gasteiger partial charge in [-0.25, -0.2) is 0 Å². The summed E-state index contributed by atoms with van der Waals surface area (Å²) in [5.41, 5.74) is 3.42. The van der Waals surface area contributed by atoms with Crippen molar-refractivity contribution in [3.63, 3.8) is 0 Å². The Labute approximate surface area is 140 Å². The number of rotatable bonds is 8. The van der Waals surface area contributed by atoms with E-state index < -0.39 is 5.97 Å². The molecule has 0 aromatic heterocycles. The largest absolute Gasteiger partial charge is 0.481 e. The van der Waals surface area contributed by atoms with Gasteiger partial charge in [-0.15, -0.1) is 0 Å². The van der Waals surface area contributed by atoms with Gasteiger partial charge in [0.15, 0.2) is 0 Å². The number of carboxylic acid groups (broad SMARTS) is 1. The number of thioether (sulfide) groups is 1. The number of aliphatic carboxylic acids is 1. The van der Waals surface area contributed by atoms with Gasteiger partial charge in [-0.2, -0.15) is 11.8 Å². The summed E-state index contributed by atoms with van der Waals surface area (Å²) in [6.45, 7) is 0. The summed E-state index contributed by atoms with van der Waals surface area (Å²) >= 11 is 7.79. The lowest BCUT2D eigenvalue weighted by Crippen LogP contribution is -1.99. The topological polar surface area (TPSA) is 37.3 Å². The Morgan fingerprint density at radius 1 is 0.955 bits per heavy atom. The maximum absolute atomic E-state index is 10.6. The fraction of sp³-hybridized carbons (Fsp3) is 0.278. The van der Waals surface area contributed by atoms with Crippen LogP contribution in [0.25, 0.3) is 0 Å². The van der Waals surface area contributed by atoms with E-state index in [1.165, 1.54) is 11.1 Å². The Morgan fingerprint density at radius 2 is 1.55 bits per heavy atom. The van der Waals surface area contributed by atoms with E-state index in [0.717, 1.165) is 34.9 Å². The molecule has 0 heterocycles. The van der Waals surface area contributed by atoms with E-state index in [1.807, 2.05) is 48.2 Å². The zero-order valence-corrected chi connectivity index (χ0v) is 13.9. The molecule has 2 nitrogen and oxygen atoms in total. The molecule has 0 radical (unpaired) electrons. The zero-order chi connectivity index (χ0) is 15.8. The highest BCUT2D eigenvalue weighted by molar-refractivity contribution is 7.98. The fourth-order valence-corrected chi connectivity index (χ4v) is 3.19. The summed E-state index contributed by atoms with van der Waals surface area (Å²) in [5, 5.41) is 9.51. The number of carbonyl (C=O) groups is 1. The van der Waals surface area contributed by atoms with Crippen molar-refractivity contribution in [2.24, 2.45) is 0 Å². The van der Waals surface area contributed by atoms with Gasteiger partial charge in [0, 0.05) is 10.8 Å². The van der Waals surface area contributed by atoms with Crippen LogP contribution in [0.15, 0.2) is 48.5 Å². The molecule has 4 heteroatoms. The molecule has 0 aliphatic carbocycles. The molecule has 0 saturated heterocycles. The zero-order valence-electron chi connectivity index (χ0n) is 12.3. The van der Waals surface area contributed by atoms with Crippen LogP contribution in [-0.2, 0) is 23.4 Å². The molecule has 116 valence electrons. The molecule has 0 saturated carbocycles. The molecule has 0 bridgehead atoms. The smallest absolute Gasteiger partial charge is 0.307 e. The van der Waals surface area contributed by atoms with Crippen LogP contribution in [0.3, 0.4) is 0 Å². The van der Waals surface area contributed by atoms with Crippen molar-refractivity contribution >= 4 is 29.3 Å². The molecule has 1 N–H and O–H groups in total. The first-order valence-corrected chi connectivity index (χ1v) is 8.78. The minimum Gasteiger partial charge on any atom is -0.481 e. The molecule has 0 spiro atoms. The minimum absolute atomic E-state index is 0.0945. The van der Waals surface area contributed by atoms with Crippen LogP contribution < -0.4 is 0 Å². The van der Waals surface area contributed by atoms with Gasteiger partial charge in [-0.1, -0.05) is 48.0 Å². The lowest BCUT2D eigenvalue weighted by atomic mass is 10.1. The average molecular weight is 335 g/mol. The van der Waals surface area contributed by atoms with E-state index >= 15 is 0 Å². The van der Waals surface area contributed by atoms with Crippen LogP contribution >= 0.6 is 23.4 Å². The van der Waals surface area contributed by atoms with E-state index in [9.17, 15) is 4.79 Å².